The molecule has 1 N–H and O–H groups in total. The molecule has 6 heteroatoms. The first-order valence-corrected chi connectivity index (χ1v) is 7.26. The predicted molar refractivity (Wildman–Crippen MR) is 85.0 cm³/mol. The van der Waals surface area contributed by atoms with Gasteiger partial charge in [-0.05, 0) is 25.3 Å². The van der Waals surface area contributed by atoms with E-state index in [1.54, 1.807) is 13.2 Å². The molecule has 1 atom stereocenters. The van der Waals surface area contributed by atoms with Crippen LogP contribution in [-0.4, -0.2) is 20.2 Å². The van der Waals surface area contributed by atoms with E-state index < -0.39 is 0 Å². The van der Waals surface area contributed by atoms with E-state index in [1.807, 2.05) is 6.92 Å². The Morgan fingerprint density at radius 3 is 2.48 bits per heavy atom. The second-order valence-electron chi connectivity index (χ2n) is 5.37. The van der Waals surface area contributed by atoms with Crippen molar-refractivity contribution in [2.24, 2.45) is 14.1 Å². The van der Waals surface area contributed by atoms with Crippen molar-refractivity contribution in [1.82, 2.24) is 14.1 Å². The van der Waals surface area contributed by atoms with Crippen molar-refractivity contribution in [3.8, 4) is 0 Å². The van der Waals surface area contributed by atoms with Crippen molar-refractivity contribution in [3.63, 3.8) is 0 Å². The summed E-state index contributed by atoms with van der Waals surface area (Å²) in [6.45, 7) is 6.18. The fourth-order valence-electron chi connectivity index (χ4n) is 2.35. The highest BCUT2D eigenvalue weighted by molar-refractivity contribution is 5.90. The molecule has 2 heterocycles. The van der Waals surface area contributed by atoms with E-state index in [4.69, 9.17) is 0 Å². The molecule has 21 heavy (non-hydrogen) atoms. The number of nitrogens with one attached hydrogen (secondary N) is 1. The molecule has 0 bridgehead atoms. The molecular formula is C15H22N4O2. The first-order chi connectivity index (χ1) is 9.92. The van der Waals surface area contributed by atoms with Crippen molar-refractivity contribution in [2.45, 2.75) is 39.7 Å². The van der Waals surface area contributed by atoms with E-state index in [2.05, 4.69) is 24.1 Å². The highest BCUT2D eigenvalue weighted by Crippen LogP contribution is 2.24. The van der Waals surface area contributed by atoms with Crippen LogP contribution >= 0.6 is 0 Å². The van der Waals surface area contributed by atoms with Gasteiger partial charge in [0.25, 0.3) is 5.56 Å². The highest BCUT2D eigenvalue weighted by Gasteiger charge is 2.17. The van der Waals surface area contributed by atoms with Gasteiger partial charge < -0.3 is 5.32 Å². The van der Waals surface area contributed by atoms with Crippen LogP contribution < -0.4 is 16.6 Å². The molecule has 0 radical (unpaired) electrons. The average Bonchev–Trinajstić information content (AvgIpc) is 2.50. The van der Waals surface area contributed by atoms with Gasteiger partial charge in [0, 0.05) is 26.3 Å². The molecule has 0 fully saturated rings. The summed E-state index contributed by atoms with van der Waals surface area (Å²) in [6, 6.07) is 0.239. The maximum absolute atomic E-state index is 12.5. The van der Waals surface area contributed by atoms with Crippen LogP contribution in [0, 0.1) is 0 Å². The SMILES string of the molecule is CCc1cnc2c(c1NC(C)CC)c(=O)n(C)c(=O)n2C. The molecule has 0 aliphatic carbocycles. The highest BCUT2D eigenvalue weighted by atomic mass is 16.2. The summed E-state index contributed by atoms with van der Waals surface area (Å²) < 4.78 is 2.54. The Balaban J connectivity index is 2.92. The topological polar surface area (TPSA) is 68.9 Å². The second-order valence-corrected chi connectivity index (χ2v) is 5.37. The molecular weight excluding hydrogens is 268 g/mol. The standard InChI is InChI=1S/C15H22N4O2/c1-6-9(3)17-12-10(7-2)8-16-13-11(12)14(20)19(5)15(21)18(13)4/h8-9H,6-7H2,1-5H3,(H,16,17). The van der Waals surface area contributed by atoms with Crippen LogP contribution in [0.3, 0.4) is 0 Å². The molecule has 2 aromatic heterocycles. The molecule has 1 unspecified atom stereocenters. The third kappa shape index (κ3) is 2.46. The largest absolute Gasteiger partial charge is 0.382 e. The third-order valence-electron chi connectivity index (χ3n) is 3.93. The van der Waals surface area contributed by atoms with Crippen molar-refractivity contribution in [3.05, 3.63) is 32.6 Å². The lowest BCUT2D eigenvalue weighted by Gasteiger charge is -2.19. The normalized spacial score (nSPS) is 12.6. The molecule has 0 amide bonds. The Morgan fingerprint density at radius 2 is 1.90 bits per heavy atom. The quantitative estimate of drug-likeness (QED) is 0.924. The van der Waals surface area contributed by atoms with Gasteiger partial charge in [-0.2, -0.15) is 0 Å². The zero-order chi connectivity index (χ0) is 15.7. The Kier molecular flexibility index (Phi) is 4.16. The van der Waals surface area contributed by atoms with Crippen LogP contribution in [0.15, 0.2) is 15.8 Å². The Hall–Kier alpha value is -2.11. The Morgan fingerprint density at radius 1 is 1.24 bits per heavy atom. The van der Waals surface area contributed by atoms with Crippen LogP contribution in [-0.2, 0) is 20.5 Å². The minimum absolute atomic E-state index is 0.239. The van der Waals surface area contributed by atoms with Crippen molar-refractivity contribution in [1.29, 1.82) is 0 Å². The number of pyridine rings is 1. The van der Waals surface area contributed by atoms with Gasteiger partial charge in [0.05, 0.1) is 5.69 Å². The Labute approximate surface area is 123 Å². The van der Waals surface area contributed by atoms with Crippen LogP contribution in [0.2, 0.25) is 0 Å². The van der Waals surface area contributed by atoms with Crippen molar-refractivity contribution >= 4 is 16.7 Å². The van der Waals surface area contributed by atoms with Crippen LogP contribution in [0.1, 0.15) is 32.8 Å². The minimum Gasteiger partial charge on any atom is -0.382 e. The zero-order valence-corrected chi connectivity index (χ0v) is 13.2. The summed E-state index contributed by atoms with van der Waals surface area (Å²) in [4.78, 5) is 28.9. The smallest absolute Gasteiger partial charge is 0.332 e. The molecule has 114 valence electrons. The van der Waals surface area contributed by atoms with Gasteiger partial charge in [-0.3, -0.25) is 13.9 Å². The van der Waals surface area contributed by atoms with Gasteiger partial charge in [-0.1, -0.05) is 13.8 Å². The van der Waals surface area contributed by atoms with Gasteiger partial charge in [-0.25, -0.2) is 9.78 Å². The van der Waals surface area contributed by atoms with Crippen molar-refractivity contribution < 1.29 is 0 Å². The molecule has 2 aromatic rings. The van der Waals surface area contributed by atoms with E-state index in [0.29, 0.717) is 11.0 Å². The van der Waals surface area contributed by atoms with Crippen LogP contribution in [0.25, 0.3) is 11.0 Å². The maximum Gasteiger partial charge on any atom is 0.332 e. The Bertz CT molecular complexity index is 789. The molecule has 0 saturated carbocycles. The first kappa shape index (κ1) is 15.3. The van der Waals surface area contributed by atoms with E-state index in [-0.39, 0.29) is 17.3 Å². The summed E-state index contributed by atoms with van der Waals surface area (Å²) in [6.07, 6.45) is 3.46. The van der Waals surface area contributed by atoms with Gasteiger partial charge >= 0.3 is 5.69 Å². The summed E-state index contributed by atoms with van der Waals surface area (Å²) >= 11 is 0. The lowest BCUT2D eigenvalue weighted by Crippen LogP contribution is -2.38. The molecule has 2 rings (SSSR count). The van der Waals surface area contributed by atoms with Gasteiger partial charge in [0.15, 0.2) is 5.65 Å². The molecule has 0 saturated heterocycles. The number of hydrogen-bond donors (Lipinski definition) is 1. The minimum atomic E-state index is -0.362. The van der Waals surface area contributed by atoms with Crippen LogP contribution in [0.5, 0.6) is 0 Å². The molecule has 6 nitrogen and oxygen atoms in total. The fraction of sp³-hybridized carbons (Fsp3) is 0.533. The lowest BCUT2D eigenvalue weighted by molar-refractivity contribution is 0.706. The molecule has 0 spiro atoms. The number of aromatic nitrogens is 3. The molecule has 0 aliphatic heterocycles. The number of hydrogen-bond acceptors (Lipinski definition) is 4. The number of fused-ring (bicyclic) bond motifs is 1. The van der Waals surface area contributed by atoms with Gasteiger partial charge in [-0.15, -0.1) is 0 Å². The predicted octanol–water partition coefficient (Wildman–Crippen LogP) is 1.40. The maximum atomic E-state index is 12.5. The number of aryl methyl sites for hydroxylation is 2. The first-order valence-electron chi connectivity index (χ1n) is 7.26. The third-order valence-corrected chi connectivity index (χ3v) is 3.93. The number of nitrogens with zero attached hydrogens (tertiary/aromatic N) is 3. The van der Waals surface area contributed by atoms with E-state index >= 15 is 0 Å². The molecule has 0 aliphatic rings. The lowest BCUT2D eigenvalue weighted by atomic mass is 10.1. The van der Waals surface area contributed by atoms with Gasteiger partial charge in [0.1, 0.15) is 5.39 Å². The van der Waals surface area contributed by atoms with Gasteiger partial charge in [0.2, 0.25) is 0 Å². The second kappa shape index (κ2) is 5.71. The fourth-order valence-corrected chi connectivity index (χ4v) is 2.35. The zero-order valence-electron chi connectivity index (χ0n) is 13.2. The summed E-state index contributed by atoms with van der Waals surface area (Å²) in [5.41, 5.74) is 1.54. The van der Waals surface area contributed by atoms with Crippen molar-refractivity contribution in [2.75, 3.05) is 5.32 Å². The average molecular weight is 290 g/mol. The molecule has 0 aromatic carbocycles. The number of rotatable bonds is 4. The van der Waals surface area contributed by atoms with Crippen LogP contribution in [0.4, 0.5) is 5.69 Å². The number of anilines is 1. The summed E-state index contributed by atoms with van der Waals surface area (Å²) in [5.74, 6) is 0. The monoisotopic (exact) mass is 290 g/mol. The van der Waals surface area contributed by atoms with E-state index in [9.17, 15) is 9.59 Å². The summed E-state index contributed by atoms with van der Waals surface area (Å²) in [5, 5.41) is 3.89. The summed E-state index contributed by atoms with van der Waals surface area (Å²) in [7, 11) is 3.13. The van der Waals surface area contributed by atoms with E-state index in [0.717, 1.165) is 28.7 Å². The van der Waals surface area contributed by atoms with E-state index in [1.165, 1.54) is 11.6 Å².